The summed E-state index contributed by atoms with van der Waals surface area (Å²) < 4.78 is 26.7. The Kier molecular flexibility index (Phi) is 4.62. The highest BCUT2D eigenvalue weighted by atomic mass is 32.2. The zero-order valence-corrected chi connectivity index (χ0v) is 15.6. The van der Waals surface area contributed by atoms with E-state index in [9.17, 15) is 8.42 Å². The minimum atomic E-state index is -3.16. The van der Waals surface area contributed by atoms with Crippen LogP contribution in [0.15, 0.2) is 30.7 Å². The number of unbranched alkanes of at least 4 members (excludes halogenated alkanes) is 1. The zero-order chi connectivity index (χ0) is 18.1. The second kappa shape index (κ2) is 6.92. The van der Waals surface area contributed by atoms with Gasteiger partial charge in [-0.1, -0.05) is 13.3 Å². The molecule has 2 atom stereocenters. The molecule has 7 nitrogen and oxygen atoms in total. The zero-order valence-electron chi connectivity index (χ0n) is 14.8. The minimum absolute atomic E-state index is 0.166. The number of hydrogen-bond donors (Lipinski definition) is 1. The Morgan fingerprint density at radius 1 is 1.31 bits per heavy atom. The van der Waals surface area contributed by atoms with Gasteiger partial charge in [-0.3, -0.25) is 4.98 Å². The quantitative estimate of drug-likeness (QED) is 0.836. The Morgan fingerprint density at radius 3 is 2.96 bits per heavy atom. The number of pyridine rings is 1. The van der Waals surface area contributed by atoms with E-state index in [-0.39, 0.29) is 11.7 Å². The van der Waals surface area contributed by atoms with Crippen molar-refractivity contribution in [3.8, 4) is 0 Å². The van der Waals surface area contributed by atoms with Gasteiger partial charge in [-0.05, 0) is 36.5 Å². The minimum Gasteiger partial charge on any atom is -0.323 e. The Morgan fingerprint density at radius 2 is 2.19 bits per heavy atom. The number of nitrogens with zero attached hydrogens (tertiary/aromatic N) is 4. The van der Waals surface area contributed by atoms with Crippen LogP contribution < -0.4 is 5.32 Å². The van der Waals surface area contributed by atoms with E-state index in [4.69, 9.17) is 4.98 Å². The van der Waals surface area contributed by atoms with Crippen molar-refractivity contribution in [2.24, 2.45) is 5.92 Å². The molecule has 1 saturated heterocycles. The van der Waals surface area contributed by atoms with Gasteiger partial charge >= 0.3 is 0 Å². The van der Waals surface area contributed by atoms with Crippen molar-refractivity contribution in [1.29, 1.82) is 0 Å². The highest BCUT2D eigenvalue weighted by Gasteiger charge is 2.44. The molecule has 0 aromatic carbocycles. The lowest BCUT2D eigenvalue weighted by molar-refractivity contribution is 0.455. The normalized spacial score (nSPS) is 22.2. The van der Waals surface area contributed by atoms with E-state index in [1.807, 2.05) is 25.3 Å². The van der Waals surface area contributed by atoms with Crippen LogP contribution in [0.25, 0.3) is 0 Å². The van der Waals surface area contributed by atoms with Crippen molar-refractivity contribution in [3.63, 3.8) is 0 Å². The molecule has 0 unspecified atom stereocenters. The molecule has 1 aliphatic carbocycles. The van der Waals surface area contributed by atoms with Crippen molar-refractivity contribution in [3.05, 3.63) is 42.0 Å². The van der Waals surface area contributed by atoms with Gasteiger partial charge in [0, 0.05) is 31.4 Å². The lowest BCUT2D eigenvalue weighted by Crippen LogP contribution is -2.31. The molecule has 0 spiro atoms. The van der Waals surface area contributed by atoms with Crippen molar-refractivity contribution in [2.45, 2.75) is 32.1 Å². The average molecular weight is 373 g/mol. The molecule has 2 aromatic heterocycles. The molecule has 138 valence electrons. The molecule has 26 heavy (non-hydrogen) atoms. The first kappa shape index (κ1) is 17.4. The van der Waals surface area contributed by atoms with Gasteiger partial charge in [0.25, 0.3) is 0 Å². The lowest BCUT2D eigenvalue weighted by atomic mass is 9.99. The molecule has 1 fully saturated rings. The summed E-state index contributed by atoms with van der Waals surface area (Å²) in [6.45, 7) is 3.14. The molecule has 0 saturated carbocycles. The van der Waals surface area contributed by atoms with Gasteiger partial charge in [-0.2, -0.15) is 0 Å². The fourth-order valence-electron chi connectivity index (χ4n) is 3.84. The Hall–Kier alpha value is -2.06. The fourth-order valence-corrected chi connectivity index (χ4v) is 5.56. The molecule has 1 N–H and O–H groups in total. The maximum Gasteiger partial charge on any atom is 0.227 e. The van der Waals surface area contributed by atoms with E-state index in [0.29, 0.717) is 31.4 Å². The van der Waals surface area contributed by atoms with Crippen LogP contribution in [-0.2, 0) is 16.4 Å². The summed E-state index contributed by atoms with van der Waals surface area (Å²) >= 11 is 0. The molecule has 0 radical (unpaired) electrons. The van der Waals surface area contributed by atoms with Crippen LogP contribution in [0, 0.1) is 5.92 Å². The number of rotatable bonds is 6. The molecular weight excluding hydrogens is 350 g/mol. The molecular formula is C18H23N5O2S. The topological polar surface area (TPSA) is 88.1 Å². The molecule has 0 amide bonds. The third-order valence-corrected chi connectivity index (χ3v) is 7.10. The standard InChI is InChI=1S/C18H23N5O2S/c1-2-3-7-26(24,25)23-11-14-8-13-9-20-18(22-17(13)16(14)12-23)21-15-5-4-6-19-10-15/h4-6,9-10,14,16H,2-3,7-8,11-12H2,1H3,(H,20,21,22)/t14-,16+/m1/s1. The Balaban J connectivity index is 1.52. The van der Waals surface area contributed by atoms with Gasteiger partial charge in [0.15, 0.2) is 0 Å². The summed E-state index contributed by atoms with van der Waals surface area (Å²) in [5.41, 5.74) is 2.96. The van der Waals surface area contributed by atoms with Crippen LogP contribution in [-0.4, -0.2) is 46.5 Å². The SMILES string of the molecule is CCCCS(=O)(=O)N1C[C@H]2Cc3cnc(Nc4cccnc4)nc3[C@H]2C1. The molecule has 1 aliphatic heterocycles. The summed E-state index contributed by atoms with van der Waals surface area (Å²) in [4.78, 5) is 13.2. The van der Waals surface area contributed by atoms with Crippen LogP contribution in [0.3, 0.4) is 0 Å². The van der Waals surface area contributed by atoms with Crippen LogP contribution in [0.4, 0.5) is 11.6 Å². The summed E-state index contributed by atoms with van der Waals surface area (Å²) in [6, 6.07) is 3.76. The predicted molar refractivity (Wildman–Crippen MR) is 99.8 cm³/mol. The van der Waals surface area contributed by atoms with E-state index in [0.717, 1.165) is 29.8 Å². The molecule has 2 aliphatic rings. The van der Waals surface area contributed by atoms with Crippen LogP contribution in [0.1, 0.15) is 36.9 Å². The Labute approximate surface area is 153 Å². The highest BCUT2D eigenvalue weighted by molar-refractivity contribution is 7.89. The van der Waals surface area contributed by atoms with Gasteiger partial charge in [0.1, 0.15) is 0 Å². The molecule has 8 heteroatoms. The summed E-state index contributed by atoms with van der Waals surface area (Å²) in [5.74, 6) is 1.25. The molecule has 3 heterocycles. The van der Waals surface area contributed by atoms with Gasteiger partial charge in [0.2, 0.25) is 16.0 Å². The molecule has 2 aromatic rings. The van der Waals surface area contributed by atoms with Crippen LogP contribution >= 0.6 is 0 Å². The second-order valence-corrected chi connectivity index (χ2v) is 9.12. The first-order valence-electron chi connectivity index (χ1n) is 9.07. The first-order chi connectivity index (χ1) is 12.6. The van der Waals surface area contributed by atoms with E-state index < -0.39 is 10.0 Å². The van der Waals surface area contributed by atoms with Crippen molar-refractivity contribution >= 4 is 21.7 Å². The number of nitrogens with one attached hydrogen (secondary N) is 1. The maximum absolute atomic E-state index is 12.5. The van der Waals surface area contributed by atoms with E-state index >= 15 is 0 Å². The number of fused-ring (bicyclic) bond motifs is 3. The summed E-state index contributed by atoms with van der Waals surface area (Å²) in [6.07, 6.45) is 7.76. The summed E-state index contributed by atoms with van der Waals surface area (Å²) in [5, 5.41) is 3.17. The number of hydrogen-bond acceptors (Lipinski definition) is 6. The van der Waals surface area contributed by atoms with Gasteiger partial charge < -0.3 is 5.32 Å². The smallest absolute Gasteiger partial charge is 0.227 e. The van der Waals surface area contributed by atoms with Gasteiger partial charge in [0.05, 0.1) is 23.3 Å². The molecule has 0 bridgehead atoms. The predicted octanol–water partition coefficient (Wildman–Crippen LogP) is 2.32. The highest BCUT2D eigenvalue weighted by Crippen LogP contribution is 2.43. The average Bonchev–Trinajstić information content (AvgIpc) is 3.20. The Bertz CT molecular complexity index is 888. The van der Waals surface area contributed by atoms with E-state index in [1.54, 1.807) is 16.7 Å². The lowest BCUT2D eigenvalue weighted by Gasteiger charge is -2.17. The number of aromatic nitrogens is 3. The second-order valence-electron chi connectivity index (χ2n) is 7.03. The van der Waals surface area contributed by atoms with Crippen LogP contribution in [0.2, 0.25) is 0 Å². The van der Waals surface area contributed by atoms with Crippen molar-refractivity contribution < 1.29 is 8.42 Å². The largest absolute Gasteiger partial charge is 0.323 e. The number of anilines is 2. The fraction of sp³-hybridized carbons (Fsp3) is 0.500. The molecule has 4 rings (SSSR count). The summed E-state index contributed by atoms with van der Waals surface area (Å²) in [7, 11) is -3.16. The van der Waals surface area contributed by atoms with Gasteiger partial charge in [-0.25, -0.2) is 22.7 Å². The third-order valence-electron chi connectivity index (χ3n) is 5.21. The van der Waals surface area contributed by atoms with Crippen molar-refractivity contribution in [2.75, 3.05) is 24.2 Å². The van der Waals surface area contributed by atoms with E-state index in [1.165, 1.54) is 0 Å². The third kappa shape index (κ3) is 3.31. The van der Waals surface area contributed by atoms with Crippen molar-refractivity contribution in [1.82, 2.24) is 19.3 Å². The van der Waals surface area contributed by atoms with Gasteiger partial charge in [-0.15, -0.1) is 0 Å². The number of sulfonamides is 1. The maximum atomic E-state index is 12.5. The first-order valence-corrected chi connectivity index (χ1v) is 10.7. The van der Waals surface area contributed by atoms with Crippen LogP contribution in [0.5, 0.6) is 0 Å². The van der Waals surface area contributed by atoms with E-state index in [2.05, 4.69) is 15.3 Å². The monoisotopic (exact) mass is 373 g/mol.